The molecule has 2 rings (SSSR count). The van der Waals surface area contributed by atoms with E-state index in [0.29, 0.717) is 12.0 Å². The van der Waals surface area contributed by atoms with Crippen LogP contribution in [0.2, 0.25) is 0 Å². The van der Waals surface area contributed by atoms with Crippen molar-refractivity contribution in [2.75, 3.05) is 31.7 Å². The summed E-state index contributed by atoms with van der Waals surface area (Å²) in [6.07, 6.45) is 3.36. The van der Waals surface area contributed by atoms with E-state index in [1.54, 1.807) is 0 Å². The lowest BCUT2D eigenvalue weighted by Gasteiger charge is -2.30. The van der Waals surface area contributed by atoms with Crippen molar-refractivity contribution in [1.29, 1.82) is 0 Å². The fraction of sp³-hybridized carbons (Fsp3) is 0.812. The average Bonchev–Trinajstić information content (AvgIpc) is 2.96. The first-order chi connectivity index (χ1) is 10.2. The summed E-state index contributed by atoms with van der Waals surface area (Å²) in [5, 5.41) is 4.62. The largest absolute Gasteiger partial charge is 0.381 e. The molecule has 0 spiro atoms. The Morgan fingerprint density at radius 1 is 1.38 bits per heavy atom. The number of nitrogens with one attached hydrogen (secondary N) is 1. The maximum absolute atomic E-state index is 5.47. The molecule has 1 aliphatic heterocycles. The summed E-state index contributed by atoms with van der Waals surface area (Å²) in [6, 6.07) is 0.571. The third-order valence-electron chi connectivity index (χ3n) is 4.37. The van der Waals surface area contributed by atoms with Crippen molar-refractivity contribution in [3.63, 3.8) is 0 Å². The maximum Gasteiger partial charge on any atom is 0.185 e. The van der Waals surface area contributed by atoms with Gasteiger partial charge in [-0.05, 0) is 31.7 Å². The highest BCUT2D eigenvalue weighted by Gasteiger charge is 2.23. The second kappa shape index (κ2) is 8.11. The van der Waals surface area contributed by atoms with Crippen LogP contribution in [0, 0.1) is 0 Å². The molecular weight excluding hydrogens is 282 g/mol. The van der Waals surface area contributed by atoms with Crippen LogP contribution in [0.1, 0.15) is 56.5 Å². The van der Waals surface area contributed by atoms with Gasteiger partial charge in [0.2, 0.25) is 0 Å². The van der Waals surface area contributed by atoms with Crippen molar-refractivity contribution >= 4 is 16.5 Å². The van der Waals surface area contributed by atoms with Crippen molar-refractivity contribution < 1.29 is 4.74 Å². The van der Waals surface area contributed by atoms with Crippen LogP contribution in [0.5, 0.6) is 0 Å². The Balaban J connectivity index is 2.16. The zero-order valence-corrected chi connectivity index (χ0v) is 14.6. The second-order valence-corrected chi connectivity index (χ2v) is 6.91. The van der Waals surface area contributed by atoms with Gasteiger partial charge in [0.25, 0.3) is 0 Å². The summed E-state index contributed by atoms with van der Waals surface area (Å²) < 4.78 is 5.47. The van der Waals surface area contributed by atoms with Crippen molar-refractivity contribution in [2.24, 2.45) is 0 Å². The number of aromatic nitrogens is 1. The summed E-state index contributed by atoms with van der Waals surface area (Å²) >= 11 is 1.86. The van der Waals surface area contributed by atoms with Crippen molar-refractivity contribution in [3.05, 3.63) is 10.6 Å². The lowest BCUT2D eigenvalue weighted by Crippen LogP contribution is -2.36. The van der Waals surface area contributed by atoms with Gasteiger partial charge in [0.05, 0.1) is 5.69 Å². The lowest BCUT2D eigenvalue weighted by molar-refractivity contribution is 0.0855. The monoisotopic (exact) mass is 311 g/mol. The first-order valence-corrected chi connectivity index (χ1v) is 8.99. The number of hydrogen-bond donors (Lipinski definition) is 1. The zero-order valence-electron chi connectivity index (χ0n) is 13.8. The molecule has 0 aliphatic carbocycles. The number of rotatable bonds is 7. The molecule has 0 amide bonds. The fourth-order valence-corrected chi connectivity index (χ4v) is 3.86. The van der Waals surface area contributed by atoms with Crippen molar-refractivity contribution in [2.45, 2.75) is 58.5 Å². The van der Waals surface area contributed by atoms with E-state index in [0.717, 1.165) is 45.6 Å². The van der Waals surface area contributed by atoms with Crippen LogP contribution in [0.4, 0.5) is 5.13 Å². The molecule has 5 heteroatoms. The molecule has 2 heterocycles. The third kappa shape index (κ3) is 4.18. The topological polar surface area (TPSA) is 37.4 Å². The lowest BCUT2D eigenvalue weighted by atomic mass is 10.0. The highest BCUT2D eigenvalue weighted by molar-refractivity contribution is 7.15. The molecule has 120 valence electrons. The molecule has 1 atom stereocenters. The predicted molar refractivity (Wildman–Crippen MR) is 90.4 cm³/mol. The van der Waals surface area contributed by atoms with Gasteiger partial charge in [-0.15, -0.1) is 11.3 Å². The molecule has 1 saturated heterocycles. The number of anilines is 1. The smallest absolute Gasteiger partial charge is 0.185 e. The Kier molecular flexibility index (Phi) is 6.45. The van der Waals surface area contributed by atoms with Crippen molar-refractivity contribution in [1.82, 2.24) is 10.3 Å². The number of hydrogen-bond acceptors (Lipinski definition) is 5. The van der Waals surface area contributed by atoms with E-state index < -0.39 is 0 Å². The molecular formula is C16H29N3OS. The van der Waals surface area contributed by atoms with Crippen LogP contribution in [-0.2, 0) is 11.3 Å². The quantitative estimate of drug-likeness (QED) is 0.837. The maximum atomic E-state index is 5.47. The highest BCUT2D eigenvalue weighted by atomic mass is 32.1. The number of thiazole rings is 1. The normalized spacial score (nSPS) is 17.9. The van der Waals surface area contributed by atoms with E-state index in [4.69, 9.17) is 9.72 Å². The van der Waals surface area contributed by atoms with Gasteiger partial charge >= 0.3 is 0 Å². The van der Waals surface area contributed by atoms with Gasteiger partial charge in [0, 0.05) is 37.7 Å². The Bertz CT molecular complexity index is 429. The minimum atomic E-state index is 0.534. The van der Waals surface area contributed by atoms with Crippen LogP contribution in [0.3, 0.4) is 0 Å². The van der Waals surface area contributed by atoms with Gasteiger partial charge in [-0.25, -0.2) is 4.98 Å². The summed E-state index contributed by atoms with van der Waals surface area (Å²) in [4.78, 5) is 8.75. The SMILES string of the molecule is CCNCc1sc(N(C)C2CCOCC2)nc1C(C)CC. The van der Waals surface area contributed by atoms with E-state index >= 15 is 0 Å². The molecule has 0 radical (unpaired) electrons. The Hall–Kier alpha value is -0.650. The minimum absolute atomic E-state index is 0.534. The first-order valence-electron chi connectivity index (χ1n) is 8.18. The molecule has 1 N–H and O–H groups in total. The van der Waals surface area contributed by atoms with E-state index in [9.17, 15) is 0 Å². The van der Waals surface area contributed by atoms with Crippen LogP contribution in [0.15, 0.2) is 0 Å². The Morgan fingerprint density at radius 2 is 2.10 bits per heavy atom. The van der Waals surface area contributed by atoms with Crippen LogP contribution >= 0.6 is 11.3 Å². The Morgan fingerprint density at radius 3 is 2.71 bits per heavy atom. The summed E-state index contributed by atoms with van der Waals surface area (Å²) in [7, 11) is 2.19. The molecule has 1 aromatic rings. The van der Waals surface area contributed by atoms with Gasteiger partial charge in [-0.2, -0.15) is 0 Å². The number of nitrogens with zero attached hydrogens (tertiary/aromatic N) is 2. The molecule has 21 heavy (non-hydrogen) atoms. The van der Waals surface area contributed by atoms with Gasteiger partial charge in [-0.3, -0.25) is 0 Å². The van der Waals surface area contributed by atoms with E-state index in [1.165, 1.54) is 15.7 Å². The molecule has 0 saturated carbocycles. The molecule has 0 bridgehead atoms. The van der Waals surface area contributed by atoms with Crippen LogP contribution in [-0.4, -0.2) is 37.8 Å². The highest BCUT2D eigenvalue weighted by Crippen LogP contribution is 2.33. The van der Waals surface area contributed by atoms with Gasteiger partial charge in [0.15, 0.2) is 5.13 Å². The van der Waals surface area contributed by atoms with E-state index in [-0.39, 0.29) is 0 Å². The molecule has 1 fully saturated rings. The number of ether oxygens (including phenoxy) is 1. The zero-order chi connectivity index (χ0) is 15.2. The van der Waals surface area contributed by atoms with E-state index in [1.807, 2.05) is 11.3 Å². The molecule has 1 aromatic heterocycles. The van der Waals surface area contributed by atoms with Gasteiger partial charge < -0.3 is 15.0 Å². The summed E-state index contributed by atoms with van der Waals surface area (Å²) in [5.41, 5.74) is 1.29. The third-order valence-corrected chi connectivity index (χ3v) is 5.53. The van der Waals surface area contributed by atoms with E-state index in [2.05, 4.69) is 38.0 Å². The first kappa shape index (κ1) is 16.7. The molecule has 4 nitrogen and oxygen atoms in total. The standard InChI is InChI=1S/C16H29N3OS/c1-5-12(3)15-14(11-17-6-2)21-16(18-15)19(4)13-7-9-20-10-8-13/h12-13,17H,5-11H2,1-4H3. The van der Waals surface area contributed by atoms with Crippen molar-refractivity contribution in [3.8, 4) is 0 Å². The molecule has 1 unspecified atom stereocenters. The second-order valence-electron chi connectivity index (χ2n) is 5.85. The molecule has 1 aliphatic rings. The fourth-order valence-electron chi connectivity index (χ4n) is 2.67. The van der Waals surface area contributed by atoms with Gasteiger partial charge in [0.1, 0.15) is 0 Å². The Labute approximate surface area is 132 Å². The van der Waals surface area contributed by atoms with Crippen LogP contribution < -0.4 is 10.2 Å². The van der Waals surface area contributed by atoms with Crippen LogP contribution in [0.25, 0.3) is 0 Å². The predicted octanol–water partition coefficient (Wildman–Crippen LogP) is 3.38. The summed E-state index contributed by atoms with van der Waals surface area (Å²) in [5.74, 6) is 0.534. The summed E-state index contributed by atoms with van der Waals surface area (Å²) in [6.45, 7) is 10.4. The van der Waals surface area contributed by atoms with Gasteiger partial charge in [-0.1, -0.05) is 20.8 Å². The molecule has 0 aromatic carbocycles. The minimum Gasteiger partial charge on any atom is -0.381 e. The average molecular weight is 311 g/mol.